The Balaban J connectivity index is 1.35. The summed E-state index contributed by atoms with van der Waals surface area (Å²) in [5.74, 6) is 0.524. The van der Waals surface area contributed by atoms with Crippen molar-refractivity contribution in [1.29, 1.82) is 0 Å². The van der Waals surface area contributed by atoms with Crippen LogP contribution in [0.2, 0.25) is 0 Å². The molecular formula is C27H36FN3O4. The predicted molar refractivity (Wildman–Crippen MR) is 133 cm³/mol. The van der Waals surface area contributed by atoms with Crippen LogP contribution >= 0.6 is 0 Å². The second-order valence-electron chi connectivity index (χ2n) is 9.69. The number of fused-ring (bicyclic) bond motifs is 1. The molecule has 1 aromatic heterocycles. The number of likely N-dealkylation sites (tertiary alicyclic amines) is 1. The Bertz CT molecular complexity index is 1000. The number of hydrogen-bond acceptors (Lipinski definition) is 6. The van der Waals surface area contributed by atoms with E-state index in [1.165, 1.54) is 5.56 Å². The Morgan fingerprint density at radius 2 is 2.20 bits per heavy atom. The molecule has 0 amide bonds. The first kappa shape index (κ1) is 25.4. The van der Waals surface area contributed by atoms with E-state index < -0.39 is 11.6 Å². The molecule has 190 valence electrons. The average molecular weight is 486 g/mol. The normalized spacial score (nSPS) is 20.7. The number of aliphatic carboxylic acids is 1. The van der Waals surface area contributed by atoms with Gasteiger partial charge in [0, 0.05) is 44.9 Å². The van der Waals surface area contributed by atoms with Gasteiger partial charge in [-0.25, -0.2) is 9.37 Å². The van der Waals surface area contributed by atoms with E-state index in [0.29, 0.717) is 57.9 Å². The Morgan fingerprint density at radius 1 is 1.31 bits per heavy atom. The zero-order valence-corrected chi connectivity index (χ0v) is 20.5. The van der Waals surface area contributed by atoms with Crippen LogP contribution in [-0.2, 0) is 22.4 Å². The minimum atomic E-state index is -1.29. The maximum Gasteiger partial charge on any atom is 0.304 e. The van der Waals surface area contributed by atoms with Gasteiger partial charge in [0.25, 0.3) is 0 Å². The number of hydrogen-bond donors (Lipinski definition) is 2. The highest BCUT2D eigenvalue weighted by atomic mass is 19.1. The van der Waals surface area contributed by atoms with E-state index in [1.807, 2.05) is 30.3 Å². The molecule has 35 heavy (non-hydrogen) atoms. The number of anilines is 1. The van der Waals surface area contributed by atoms with E-state index in [9.17, 15) is 9.90 Å². The first-order valence-corrected chi connectivity index (χ1v) is 12.5. The predicted octanol–water partition coefficient (Wildman–Crippen LogP) is 4.07. The molecule has 8 heteroatoms. The molecule has 1 fully saturated rings. The molecule has 2 atom stereocenters. The largest absolute Gasteiger partial charge is 0.491 e. The number of nitrogens with one attached hydrogen (secondary N) is 1. The summed E-state index contributed by atoms with van der Waals surface area (Å²) >= 11 is 0. The maximum absolute atomic E-state index is 15.7. The quantitative estimate of drug-likeness (QED) is 0.439. The summed E-state index contributed by atoms with van der Waals surface area (Å²) in [5, 5.41) is 12.8. The van der Waals surface area contributed by atoms with Crippen LogP contribution in [0.5, 0.6) is 5.75 Å². The van der Waals surface area contributed by atoms with Gasteiger partial charge in [-0.3, -0.25) is 9.69 Å². The number of aryl methyl sites for hydroxylation is 2. The third-order valence-corrected chi connectivity index (χ3v) is 6.95. The van der Waals surface area contributed by atoms with Crippen LogP contribution in [0.4, 0.5) is 10.2 Å². The summed E-state index contributed by atoms with van der Waals surface area (Å²) < 4.78 is 26.4. The number of alkyl halides is 1. The molecule has 7 nitrogen and oxygen atoms in total. The second kappa shape index (κ2) is 11.8. The van der Waals surface area contributed by atoms with Crippen LogP contribution in [0.1, 0.15) is 48.4 Å². The molecule has 0 saturated carbocycles. The first-order valence-electron chi connectivity index (χ1n) is 12.5. The number of methoxy groups -OCH3 is 1. The van der Waals surface area contributed by atoms with Crippen molar-refractivity contribution < 1.29 is 23.8 Å². The van der Waals surface area contributed by atoms with E-state index >= 15 is 4.39 Å². The Morgan fingerprint density at radius 3 is 3.03 bits per heavy atom. The lowest BCUT2D eigenvalue weighted by Crippen LogP contribution is -2.32. The van der Waals surface area contributed by atoms with E-state index in [4.69, 9.17) is 14.5 Å². The molecule has 3 heterocycles. The monoisotopic (exact) mass is 485 g/mol. The lowest BCUT2D eigenvalue weighted by atomic mass is 9.94. The van der Waals surface area contributed by atoms with E-state index in [-0.39, 0.29) is 12.3 Å². The zero-order valence-electron chi connectivity index (χ0n) is 20.5. The molecule has 0 unspecified atom stereocenters. The molecule has 0 bridgehead atoms. The van der Waals surface area contributed by atoms with Crippen molar-refractivity contribution in [3.63, 3.8) is 0 Å². The third-order valence-electron chi connectivity index (χ3n) is 6.95. The van der Waals surface area contributed by atoms with Crippen molar-refractivity contribution in [2.45, 2.75) is 50.1 Å². The van der Waals surface area contributed by atoms with Crippen LogP contribution in [0.25, 0.3) is 0 Å². The molecule has 0 aliphatic carbocycles. The highest BCUT2D eigenvalue weighted by Gasteiger charge is 2.39. The van der Waals surface area contributed by atoms with Crippen molar-refractivity contribution in [3.8, 4) is 5.75 Å². The summed E-state index contributed by atoms with van der Waals surface area (Å²) in [4.78, 5) is 18.4. The van der Waals surface area contributed by atoms with Crippen molar-refractivity contribution in [2.75, 3.05) is 51.8 Å². The van der Waals surface area contributed by atoms with Crippen LogP contribution in [0, 0.1) is 0 Å². The molecule has 2 N–H and O–H groups in total. The number of benzene rings is 1. The molecule has 1 saturated heterocycles. The Hall–Kier alpha value is -2.71. The molecule has 4 rings (SSSR count). The highest BCUT2D eigenvalue weighted by molar-refractivity contribution is 5.68. The molecule has 2 aliphatic rings. The van der Waals surface area contributed by atoms with Crippen LogP contribution in [-0.4, -0.2) is 73.1 Å². The number of aromatic nitrogens is 1. The zero-order chi connectivity index (χ0) is 24.7. The molecule has 0 spiro atoms. The molecular weight excluding hydrogens is 449 g/mol. The number of carboxylic acid groups (broad SMARTS) is 1. The van der Waals surface area contributed by atoms with Gasteiger partial charge in [-0.2, -0.15) is 0 Å². The Kier molecular flexibility index (Phi) is 8.57. The van der Waals surface area contributed by atoms with Crippen LogP contribution < -0.4 is 10.1 Å². The fraction of sp³-hybridized carbons (Fsp3) is 0.556. The lowest BCUT2D eigenvalue weighted by molar-refractivity contribution is -0.137. The topological polar surface area (TPSA) is 83.9 Å². The summed E-state index contributed by atoms with van der Waals surface area (Å²) in [5.41, 5.74) is 1.76. The molecule has 2 aliphatic heterocycles. The summed E-state index contributed by atoms with van der Waals surface area (Å²) in [6, 6.07) is 11.7. The SMILES string of the molecule is COCCOc1cccc([C@@H](CC(=O)O)CN2CC[C@@](F)(CCc3ccc4c(n3)NCCC4)C2)c1. The van der Waals surface area contributed by atoms with Crippen molar-refractivity contribution in [3.05, 3.63) is 53.2 Å². The van der Waals surface area contributed by atoms with Gasteiger partial charge in [0.15, 0.2) is 0 Å². The van der Waals surface area contributed by atoms with Crippen molar-refractivity contribution in [2.24, 2.45) is 0 Å². The van der Waals surface area contributed by atoms with Gasteiger partial charge >= 0.3 is 5.97 Å². The standard InChI is InChI=1S/C27H36FN3O4/c1-34-14-15-35-24-6-2-4-21(16-24)22(17-25(32)33)18-31-13-11-27(28,19-31)10-9-23-8-7-20-5-3-12-29-26(20)30-23/h2,4,6-8,16,22H,3,5,9-15,17-19H2,1H3,(H,29,30)(H,32,33)/t22-,27-/m0/s1. The summed E-state index contributed by atoms with van der Waals surface area (Å²) in [7, 11) is 1.62. The van der Waals surface area contributed by atoms with Gasteiger partial charge in [0.2, 0.25) is 0 Å². The van der Waals surface area contributed by atoms with E-state index in [0.717, 1.165) is 36.5 Å². The maximum atomic E-state index is 15.7. The van der Waals surface area contributed by atoms with Gasteiger partial charge in [-0.05, 0) is 61.4 Å². The number of carboxylic acids is 1. The van der Waals surface area contributed by atoms with Crippen molar-refractivity contribution >= 4 is 11.8 Å². The Labute approximate surface area is 206 Å². The van der Waals surface area contributed by atoms with E-state index in [1.54, 1.807) is 7.11 Å². The molecule has 2 aromatic rings. The second-order valence-corrected chi connectivity index (χ2v) is 9.69. The minimum Gasteiger partial charge on any atom is -0.491 e. The van der Waals surface area contributed by atoms with E-state index in [2.05, 4.69) is 16.3 Å². The van der Waals surface area contributed by atoms with Gasteiger partial charge in [-0.1, -0.05) is 18.2 Å². The number of rotatable bonds is 12. The number of carbonyl (C=O) groups is 1. The number of ether oxygens (including phenoxy) is 2. The fourth-order valence-corrected chi connectivity index (χ4v) is 5.05. The van der Waals surface area contributed by atoms with Gasteiger partial charge in [0.1, 0.15) is 23.8 Å². The third kappa shape index (κ3) is 7.15. The molecule has 1 aromatic carbocycles. The number of nitrogens with zero attached hydrogens (tertiary/aromatic N) is 2. The smallest absolute Gasteiger partial charge is 0.304 e. The fourth-order valence-electron chi connectivity index (χ4n) is 5.05. The first-order chi connectivity index (χ1) is 16.9. The average Bonchev–Trinajstić information content (AvgIpc) is 3.23. The molecule has 0 radical (unpaired) electrons. The highest BCUT2D eigenvalue weighted by Crippen LogP contribution is 2.33. The van der Waals surface area contributed by atoms with Crippen molar-refractivity contribution in [1.82, 2.24) is 9.88 Å². The van der Waals surface area contributed by atoms with Crippen LogP contribution in [0.15, 0.2) is 36.4 Å². The minimum absolute atomic E-state index is 0.0106. The van der Waals surface area contributed by atoms with Gasteiger partial charge < -0.3 is 19.9 Å². The summed E-state index contributed by atoms with van der Waals surface area (Å²) in [6.07, 6.45) is 3.61. The lowest BCUT2D eigenvalue weighted by Gasteiger charge is -2.25. The summed E-state index contributed by atoms with van der Waals surface area (Å²) in [6.45, 7) is 3.28. The van der Waals surface area contributed by atoms with Gasteiger partial charge in [0.05, 0.1) is 13.0 Å². The number of pyridine rings is 1. The van der Waals surface area contributed by atoms with Gasteiger partial charge in [-0.15, -0.1) is 0 Å². The van der Waals surface area contributed by atoms with Crippen LogP contribution in [0.3, 0.4) is 0 Å². The number of halogens is 1.